The monoisotopic (exact) mass is 386 g/mol. The highest BCUT2D eigenvalue weighted by Gasteiger charge is 2.37. The molecule has 26 heavy (non-hydrogen) atoms. The predicted octanol–water partition coefficient (Wildman–Crippen LogP) is 5.91. The Morgan fingerprint density at radius 2 is 1.69 bits per heavy atom. The molecule has 0 radical (unpaired) electrons. The molecule has 2 unspecified atom stereocenters. The lowest BCUT2D eigenvalue weighted by atomic mass is 9.96. The van der Waals surface area contributed by atoms with Crippen LogP contribution in [0, 0.1) is 5.92 Å². The molecule has 5 heteroatoms. The number of ether oxygens (including phenoxy) is 3. The maximum Gasteiger partial charge on any atom is 0.191 e. The summed E-state index contributed by atoms with van der Waals surface area (Å²) in [5.41, 5.74) is 0. The van der Waals surface area contributed by atoms with Gasteiger partial charge in [0, 0.05) is 20.1 Å². The molecule has 0 spiro atoms. The highest BCUT2D eigenvalue weighted by molar-refractivity contribution is 6.74. The zero-order valence-corrected chi connectivity index (χ0v) is 19.6. The fourth-order valence-corrected chi connectivity index (χ4v) is 3.37. The van der Waals surface area contributed by atoms with Gasteiger partial charge in [0.05, 0.1) is 19.0 Å². The molecule has 0 fully saturated rings. The molecule has 154 valence electrons. The van der Waals surface area contributed by atoms with Crippen LogP contribution in [0.4, 0.5) is 0 Å². The maximum absolute atomic E-state index is 6.32. The van der Waals surface area contributed by atoms with E-state index in [-0.39, 0.29) is 11.1 Å². The summed E-state index contributed by atoms with van der Waals surface area (Å²) in [5, 5.41) is 0.223. The van der Waals surface area contributed by atoms with Gasteiger partial charge in [-0.05, 0) is 50.7 Å². The van der Waals surface area contributed by atoms with Crippen molar-refractivity contribution >= 4 is 8.32 Å². The van der Waals surface area contributed by atoms with Crippen LogP contribution in [-0.2, 0) is 18.6 Å². The van der Waals surface area contributed by atoms with Gasteiger partial charge in [0.15, 0.2) is 14.1 Å². The summed E-state index contributed by atoms with van der Waals surface area (Å²) in [6.07, 6.45) is 4.35. The summed E-state index contributed by atoms with van der Waals surface area (Å²) in [6, 6.07) is 0. The molecule has 0 aromatic carbocycles. The Hall–Kier alpha value is -0.623. The van der Waals surface area contributed by atoms with Gasteiger partial charge in [0.25, 0.3) is 0 Å². The Balaban J connectivity index is 4.82. The Morgan fingerprint density at radius 1 is 1.12 bits per heavy atom. The molecular formula is C21H42O4Si. The highest BCUT2D eigenvalue weighted by Crippen LogP contribution is 2.37. The van der Waals surface area contributed by atoms with E-state index in [9.17, 15) is 0 Å². The second kappa shape index (κ2) is 10.6. The van der Waals surface area contributed by atoms with Gasteiger partial charge in [-0.2, -0.15) is 0 Å². The van der Waals surface area contributed by atoms with Gasteiger partial charge in [-0.3, -0.25) is 0 Å². The fourth-order valence-electron chi connectivity index (χ4n) is 2.31. The van der Waals surface area contributed by atoms with Crippen LogP contribution < -0.4 is 0 Å². The van der Waals surface area contributed by atoms with Gasteiger partial charge >= 0.3 is 0 Å². The third-order valence-electron chi connectivity index (χ3n) is 5.34. The zero-order chi connectivity index (χ0) is 20.6. The van der Waals surface area contributed by atoms with Gasteiger partial charge in [0.1, 0.15) is 0 Å². The Labute approximate surface area is 163 Å². The second-order valence-corrected chi connectivity index (χ2v) is 13.7. The summed E-state index contributed by atoms with van der Waals surface area (Å²) in [7, 11) is 1.57. The van der Waals surface area contributed by atoms with Crippen LogP contribution in [0.15, 0.2) is 25.0 Å². The number of methoxy groups -OCH3 is 2. The van der Waals surface area contributed by atoms with Crippen LogP contribution in [0.5, 0.6) is 0 Å². The van der Waals surface area contributed by atoms with Crippen LogP contribution in [-0.4, -0.2) is 41.0 Å². The Bertz CT molecular complexity index is 438. The van der Waals surface area contributed by atoms with E-state index < -0.39 is 14.1 Å². The molecule has 0 heterocycles. The van der Waals surface area contributed by atoms with Gasteiger partial charge in [-0.1, -0.05) is 33.4 Å². The van der Waals surface area contributed by atoms with E-state index in [0.717, 1.165) is 19.4 Å². The van der Waals surface area contributed by atoms with Crippen LogP contribution in [0.1, 0.15) is 53.9 Å². The lowest BCUT2D eigenvalue weighted by molar-refractivity contribution is -0.226. The van der Waals surface area contributed by atoms with Crippen molar-refractivity contribution in [3.63, 3.8) is 0 Å². The molecule has 0 aliphatic rings. The van der Waals surface area contributed by atoms with E-state index >= 15 is 0 Å². The Morgan fingerprint density at radius 3 is 2.12 bits per heavy atom. The standard InChI is InChI=1S/C21H42O4Si/c1-12-18(13-14-24-26(10,11)20(3,4)5)16-19(15-17(2)22-8)25-21(6,7)23-9/h12,18-19H,1-2,13-16H2,3-11H3. The number of hydrogen-bond acceptors (Lipinski definition) is 4. The van der Waals surface area contributed by atoms with E-state index in [1.807, 2.05) is 19.9 Å². The van der Waals surface area contributed by atoms with Crippen molar-refractivity contribution in [3.05, 3.63) is 25.0 Å². The summed E-state index contributed by atoms with van der Waals surface area (Å²) >= 11 is 0. The lowest BCUT2D eigenvalue weighted by Gasteiger charge is -2.36. The molecule has 0 N–H and O–H groups in total. The summed E-state index contributed by atoms with van der Waals surface area (Å²) in [4.78, 5) is 0. The molecule has 0 amide bonds. The van der Waals surface area contributed by atoms with Crippen LogP contribution >= 0.6 is 0 Å². The maximum atomic E-state index is 6.32. The topological polar surface area (TPSA) is 36.9 Å². The van der Waals surface area contributed by atoms with E-state index in [1.165, 1.54) is 0 Å². The SMILES string of the molecule is C=CC(CCO[Si](C)(C)C(C)(C)C)CC(CC(=C)OC)OC(C)(C)OC. The van der Waals surface area contributed by atoms with Gasteiger partial charge in [-0.25, -0.2) is 0 Å². The zero-order valence-electron chi connectivity index (χ0n) is 18.6. The van der Waals surface area contributed by atoms with E-state index in [0.29, 0.717) is 18.1 Å². The van der Waals surface area contributed by atoms with Crippen molar-refractivity contribution in [2.45, 2.75) is 83.9 Å². The van der Waals surface area contributed by atoms with E-state index in [2.05, 4.69) is 47.0 Å². The van der Waals surface area contributed by atoms with Crippen molar-refractivity contribution in [2.75, 3.05) is 20.8 Å². The fraction of sp³-hybridized carbons (Fsp3) is 0.810. The van der Waals surface area contributed by atoms with Gasteiger partial charge in [-0.15, -0.1) is 6.58 Å². The molecule has 0 aliphatic carbocycles. The largest absolute Gasteiger partial charge is 0.502 e. The van der Waals surface area contributed by atoms with E-state index in [4.69, 9.17) is 18.6 Å². The van der Waals surface area contributed by atoms with Gasteiger partial charge < -0.3 is 18.6 Å². The first-order valence-corrected chi connectivity index (χ1v) is 12.4. The normalized spacial score (nSPS) is 15.4. The minimum atomic E-state index is -1.72. The van der Waals surface area contributed by atoms with Crippen molar-refractivity contribution in [1.29, 1.82) is 0 Å². The summed E-state index contributed by atoms with van der Waals surface area (Å²) in [5.74, 6) is 0.367. The molecule has 0 saturated carbocycles. The predicted molar refractivity (Wildman–Crippen MR) is 113 cm³/mol. The molecule has 0 aliphatic heterocycles. The Kier molecular flexibility index (Phi) is 10.4. The third kappa shape index (κ3) is 9.35. The van der Waals surface area contributed by atoms with E-state index in [1.54, 1.807) is 14.2 Å². The van der Waals surface area contributed by atoms with Crippen LogP contribution in [0.3, 0.4) is 0 Å². The minimum absolute atomic E-state index is 0.0479. The smallest absolute Gasteiger partial charge is 0.191 e. The van der Waals surface area contributed by atoms with Crippen molar-refractivity contribution in [3.8, 4) is 0 Å². The first-order chi connectivity index (χ1) is 11.8. The van der Waals surface area contributed by atoms with Crippen molar-refractivity contribution in [2.24, 2.45) is 5.92 Å². The molecule has 2 atom stereocenters. The molecular weight excluding hydrogens is 344 g/mol. The average molecular weight is 387 g/mol. The number of hydrogen-bond donors (Lipinski definition) is 0. The summed E-state index contributed by atoms with van der Waals surface area (Å²) < 4.78 is 23.1. The molecule has 0 aromatic heterocycles. The highest BCUT2D eigenvalue weighted by atomic mass is 28.4. The van der Waals surface area contributed by atoms with Crippen LogP contribution in [0.2, 0.25) is 18.1 Å². The van der Waals surface area contributed by atoms with Gasteiger partial charge in [0.2, 0.25) is 0 Å². The molecule has 4 nitrogen and oxygen atoms in total. The lowest BCUT2D eigenvalue weighted by Crippen LogP contribution is -2.41. The molecule has 0 aromatic rings. The van der Waals surface area contributed by atoms with Crippen molar-refractivity contribution < 1.29 is 18.6 Å². The second-order valence-electron chi connectivity index (χ2n) is 8.92. The quantitative estimate of drug-likeness (QED) is 0.171. The molecule has 0 saturated heterocycles. The van der Waals surface area contributed by atoms with Crippen LogP contribution in [0.25, 0.3) is 0 Å². The first kappa shape index (κ1) is 25.4. The molecule has 0 bridgehead atoms. The molecule has 0 rings (SSSR count). The number of rotatable bonds is 13. The minimum Gasteiger partial charge on any atom is -0.502 e. The average Bonchev–Trinajstić information content (AvgIpc) is 2.51. The number of allylic oxidation sites excluding steroid dienone is 1. The summed E-state index contributed by atoms with van der Waals surface area (Å²) in [6.45, 7) is 23.9. The third-order valence-corrected chi connectivity index (χ3v) is 9.88. The van der Waals surface area contributed by atoms with Crippen molar-refractivity contribution in [1.82, 2.24) is 0 Å². The first-order valence-electron chi connectivity index (χ1n) is 9.49.